The number of anilines is 1. The summed E-state index contributed by atoms with van der Waals surface area (Å²) in [6.07, 6.45) is 0. The molecule has 0 radical (unpaired) electrons. The number of halogens is 4. The normalized spacial score (nSPS) is 11.4. The second kappa shape index (κ2) is 4.83. The first kappa shape index (κ1) is 14.3. The maximum Gasteiger partial charge on any atom is 0.262 e. The maximum absolute atomic E-state index is 13.1. The zero-order chi connectivity index (χ0) is 14.1. The quantitative estimate of drug-likeness (QED) is 0.672. The molecule has 7 heteroatoms. The van der Waals surface area contributed by atoms with Crippen molar-refractivity contribution >= 4 is 11.6 Å². The maximum atomic E-state index is 13.1. The van der Waals surface area contributed by atoms with Crippen LogP contribution in [0.15, 0.2) is 12.1 Å². The Balaban J connectivity index is 3.02. The first-order chi connectivity index (χ1) is 8.13. The lowest BCUT2D eigenvalue weighted by Gasteiger charge is -2.21. The van der Waals surface area contributed by atoms with Crippen molar-refractivity contribution in [1.29, 1.82) is 0 Å². The van der Waals surface area contributed by atoms with Crippen molar-refractivity contribution < 1.29 is 22.4 Å². The van der Waals surface area contributed by atoms with Gasteiger partial charge in [-0.3, -0.25) is 4.79 Å². The summed E-state index contributed by atoms with van der Waals surface area (Å²) in [6, 6.07) is 1.68. The Hall–Kier alpha value is -1.79. The van der Waals surface area contributed by atoms with Crippen LogP contribution in [0.5, 0.6) is 0 Å². The molecule has 0 heterocycles. The Morgan fingerprint density at radius 3 is 2.44 bits per heavy atom. The van der Waals surface area contributed by atoms with Gasteiger partial charge in [0.15, 0.2) is 11.6 Å². The van der Waals surface area contributed by atoms with E-state index in [1.807, 2.05) is 0 Å². The predicted molar refractivity (Wildman–Crippen MR) is 58.4 cm³/mol. The third-order valence-corrected chi connectivity index (χ3v) is 2.22. The number of nitrogens with zero attached hydrogens (tertiary/aromatic N) is 1. The van der Waals surface area contributed by atoms with Crippen LogP contribution in [-0.4, -0.2) is 30.3 Å². The van der Waals surface area contributed by atoms with Gasteiger partial charge in [-0.1, -0.05) is 0 Å². The van der Waals surface area contributed by atoms with Crippen molar-refractivity contribution in [3.63, 3.8) is 0 Å². The highest BCUT2D eigenvalue weighted by molar-refractivity contribution is 5.99. The summed E-state index contributed by atoms with van der Waals surface area (Å²) in [6.45, 7) is -0.199. The molecule has 1 rings (SSSR count). The Kier molecular flexibility index (Phi) is 3.83. The summed E-state index contributed by atoms with van der Waals surface area (Å²) >= 11 is 0. The molecule has 0 saturated carbocycles. The lowest BCUT2D eigenvalue weighted by molar-refractivity contribution is -0.00555. The van der Waals surface area contributed by atoms with E-state index >= 15 is 0 Å². The van der Waals surface area contributed by atoms with Gasteiger partial charge in [0, 0.05) is 14.0 Å². The number of carbonyl (C=O) groups excluding carboxylic acids is 1. The van der Waals surface area contributed by atoms with Gasteiger partial charge >= 0.3 is 0 Å². The molecule has 0 atom stereocenters. The minimum Gasteiger partial charge on any atom is -0.396 e. The van der Waals surface area contributed by atoms with Crippen molar-refractivity contribution in [3.8, 4) is 0 Å². The molecule has 18 heavy (non-hydrogen) atoms. The molecule has 1 amide bonds. The average Bonchev–Trinajstić information content (AvgIpc) is 2.23. The SMILES string of the molecule is CN(CC(C)(F)F)C(=O)c1ccc(F)c(F)c1N. The first-order valence-corrected chi connectivity index (χ1v) is 5.00. The minimum atomic E-state index is -3.09. The van der Waals surface area contributed by atoms with Crippen molar-refractivity contribution in [2.24, 2.45) is 0 Å². The number of alkyl halides is 2. The molecule has 0 fully saturated rings. The average molecular weight is 264 g/mol. The van der Waals surface area contributed by atoms with Crippen molar-refractivity contribution in [1.82, 2.24) is 4.90 Å². The molecule has 1 aromatic rings. The van der Waals surface area contributed by atoms with Crippen molar-refractivity contribution in [2.75, 3.05) is 19.3 Å². The Labute approximate surface area is 101 Å². The fraction of sp³-hybridized carbons (Fsp3) is 0.364. The smallest absolute Gasteiger partial charge is 0.262 e. The van der Waals surface area contributed by atoms with Crippen LogP contribution in [0.25, 0.3) is 0 Å². The van der Waals surface area contributed by atoms with Crippen LogP contribution >= 0.6 is 0 Å². The van der Waals surface area contributed by atoms with Crippen LogP contribution in [0.3, 0.4) is 0 Å². The molecule has 3 nitrogen and oxygen atoms in total. The number of amides is 1. The van der Waals surface area contributed by atoms with E-state index in [0.29, 0.717) is 11.8 Å². The van der Waals surface area contributed by atoms with Gasteiger partial charge in [0.2, 0.25) is 0 Å². The highest BCUT2D eigenvalue weighted by Crippen LogP contribution is 2.21. The molecule has 0 bridgehead atoms. The monoisotopic (exact) mass is 264 g/mol. The standard InChI is InChI=1S/C11H12F4N2O/c1-11(14,15)5-17(2)10(18)6-3-4-7(12)8(13)9(6)16/h3-4H,5,16H2,1-2H3. The molecule has 2 N–H and O–H groups in total. The fourth-order valence-corrected chi connectivity index (χ4v) is 1.45. The molecule has 0 spiro atoms. The van der Waals surface area contributed by atoms with Gasteiger partial charge in [-0.2, -0.15) is 0 Å². The molecule has 0 saturated heterocycles. The van der Waals surface area contributed by atoms with E-state index in [4.69, 9.17) is 5.73 Å². The van der Waals surface area contributed by atoms with E-state index in [-0.39, 0.29) is 5.56 Å². The highest BCUT2D eigenvalue weighted by atomic mass is 19.3. The summed E-state index contributed by atoms with van der Waals surface area (Å²) in [5.41, 5.74) is 4.20. The van der Waals surface area contributed by atoms with Gasteiger partial charge in [0.05, 0.1) is 17.8 Å². The number of nitrogens with two attached hydrogens (primary N) is 1. The van der Waals surface area contributed by atoms with Gasteiger partial charge in [-0.05, 0) is 12.1 Å². The summed E-state index contributed by atoms with van der Waals surface area (Å²) in [7, 11) is 1.13. The molecular formula is C11H12F4N2O. The zero-order valence-corrected chi connectivity index (χ0v) is 9.81. The van der Waals surface area contributed by atoms with Gasteiger partial charge < -0.3 is 10.6 Å². The van der Waals surface area contributed by atoms with E-state index in [0.717, 1.165) is 19.2 Å². The number of rotatable bonds is 3. The summed E-state index contributed by atoms with van der Waals surface area (Å²) < 4.78 is 51.4. The molecule has 1 aromatic carbocycles. The van der Waals surface area contributed by atoms with Crippen LogP contribution in [0, 0.1) is 11.6 Å². The lowest BCUT2D eigenvalue weighted by atomic mass is 10.1. The summed E-state index contributed by atoms with van der Waals surface area (Å²) in [5, 5.41) is 0. The highest BCUT2D eigenvalue weighted by Gasteiger charge is 2.28. The fourth-order valence-electron chi connectivity index (χ4n) is 1.45. The lowest BCUT2D eigenvalue weighted by Crippen LogP contribution is -2.36. The van der Waals surface area contributed by atoms with Gasteiger partial charge in [-0.15, -0.1) is 0 Å². The minimum absolute atomic E-state index is 0.347. The van der Waals surface area contributed by atoms with Crippen molar-refractivity contribution in [2.45, 2.75) is 12.8 Å². The van der Waals surface area contributed by atoms with Crippen molar-refractivity contribution in [3.05, 3.63) is 29.3 Å². The van der Waals surface area contributed by atoms with E-state index in [9.17, 15) is 22.4 Å². The predicted octanol–water partition coefficient (Wildman–Crippen LogP) is 2.27. The first-order valence-electron chi connectivity index (χ1n) is 5.00. The number of nitrogen functional groups attached to an aromatic ring is 1. The number of hydrogen-bond donors (Lipinski definition) is 1. The Morgan fingerprint density at radius 1 is 1.39 bits per heavy atom. The van der Waals surface area contributed by atoms with Crippen LogP contribution in [0.4, 0.5) is 23.2 Å². The van der Waals surface area contributed by atoms with Crippen LogP contribution in [0.1, 0.15) is 17.3 Å². The number of hydrogen-bond acceptors (Lipinski definition) is 2. The van der Waals surface area contributed by atoms with E-state index in [2.05, 4.69) is 0 Å². The Morgan fingerprint density at radius 2 is 1.94 bits per heavy atom. The number of carbonyl (C=O) groups is 1. The second-order valence-electron chi connectivity index (χ2n) is 4.05. The summed E-state index contributed by atoms with van der Waals surface area (Å²) in [4.78, 5) is 12.4. The third-order valence-electron chi connectivity index (χ3n) is 2.22. The topological polar surface area (TPSA) is 46.3 Å². The molecule has 0 unspecified atom stereocenters. The van der Waals surface area contributed by atoms with E-state index in [1.165, 1.54) is 0 Å². The largest absolute Gasteiger partial charge is 0.396 e. The van der Waals surface area contributed by atoms with Gasteiger partial charge in [0.25, 0.3) is 11.8 Å². The third kappa shape index (κ3) is 3.12. The van der Waals surface area contributed by atoms with Crippen LogP contribution in [-0.2, 0) is 0 Å². The molecule has 100 valence electrons. The van der Waals surface area contributed by atoms with E-state index < -0.39 is 35.7 Å². The zero-order valence-electron chi connectivity index (χ0n) is 9.81. The molecular weight excluding hydrogens is 252 g/mol. The van der Waals surface area contributed by atoms with E-state index in [1.54, 1.807) is 0 Å². The second-order valence-corrected chi connectivity index (χ2v) is 4.05. The molecule has 0 aliphatic rings. The summed E-state index contributed by atoms with van der Waals surface area (Å²) in [5.74, 6) is -6.55. The van der Waals surface area contributed by atoms with Gasteiger partial charge in [-0.25, -0.2) is 17.6 Å². The Bertz CT molecular complexity index is 471. The molecule has 0 aromatic heterocycles. The van der Waals surface area contributed by atoms with Gasteiger partial charge in [0.1, 0.15) is 0 Å². The number of benzene rings is 1. The molecule has 0 aliphatic carbocycles. The van der Waals surface area contributed by atoms with Crippen LogP contribution < -0.4 is 5.73 Å². The van der Waals surface area contributed by atoms with Crippen LogP contribution in [0.2, 0.25) is 0 Å². The molecule has 0 aliphatic heterocycles.